The molecule has 0 N–H and O–H groups in total. The summed E-state index contributed by atoms with van der Waals surface area (Å²) >= 11 is 0. The summed E-state index contributed by atoms with van der Waals surface area (Å²) in [7, 11) is 0. The van der Waals surface area contributed by atoms with Crippen LogP contribution in [-0.2, 0) is 0 Å². The van der Waals surface area contributed by atoms with Gasteiger partial charge in [0.15, 0.2) is 6.29 Å². The Hall–Kier alpha value is -1.85. The van der Waals surface area contributed by atoms with E-state index < -0.39 is 12.1 Å². The van der Waals surface area contributed by atoms with Crippen molar-refractivity contribution in [1.82, 2.24) is 9.78 Å². The number of carbonyl (C=O) groups is 1. The van der Waals surface area contributed by atoms with Crippen molar-refractivity contribution in [2.45, 2.75) is 12.6 Å². The molecule has 6 heteroatoms. The third-order valence-corrected chi connectivity index (χ3v) is 2.50. The van der Waals surface area contributed by atoms with Crippen molar-refractivity contribution < 1.29 is 18.0 Å². The topological polar surface area (TPSA) is 34.9 Å². The first kappa shape index (κ1) is 11.6. The Morgan fingerprint density at radius 1 is 1.47 bits per heavy atom. The number of hydrogen-bond donors (Lipinski definition) is 0. The molecule has 0 spiro atoms. The highest BCUT2D eigenvalue weighted by molar-refractivity contribution is 5.74. The SMILES string of the molecule is O=Cc1cnn(C2=CCC(C(F)(F)F)C=C2)c1. The Morgan fingerprint density at radius 2 is 2.24 bits per heavy atom. The lowest BCUT2D eigenvalue weighted by Crippen LogP contribution is -2.22. The smallest absolute Gasteiger partial charge is 0.298 e. The zero-order valence-electron chi connectivity index (χ0n) is 8.69. The van der Waals surface area contributed by atoms with Gasteiger partial charge in [0.2, 0.25) is 0 Å². The van der Waals surface area contributed by atoms with Crippen molar-refractivity contribution >= 4 is 12.0 Å². The molecular formula is C11H9F3N2O. The fourth-order valence-corrected chi connectivity index (χ4v) is 1.56. The predicted molar refractivity (Wildman–Crippen MR) is 55.2 cm³/mol. The van der Waals surface area contributed by atoms with Gasteiger partial charge in [-0.3, -0.25) is 4.79 Å². The van der Waals surface area contributed by atoms with Gasteiger partial charge in [0.1, 0.15) is 0 Å². The molecule has 2 rings (SSSR count). The van der Waals surface area contributed by atoms with E-state index in [2.05, 4.69) is 5.10 Å². The number of allylic oxidation sites excluding steroid dienone is 4. The minimum atomic E-state index is -4.21. The number of aldehydes is 1. The van der Waals surface area contributed by atoms with Crippen LogP contribution in [0.4, 0.5) is 13.2 Å². The molecule has 90 valence electrons. The van der Waals surface area contributed by atoms with Crippen LogP contribution in [0.15, 0.2) is 30.6 Å². The lowest BCUT2D eigenvalue weighted by Gasteiger charge is -2.18. The zero-order chi connectivity index (χ0) is 12.5. The van der Waals surface area contributed by atoms with Gasteiger partial charge in [-0.1, -0.05) is 12.2 Å². The second-order valence-electron chi connectivity index (χ2n) is 3.71. The standard InChI is InChI=1S/C11H9F3N2O/c12-11(13,14)9-1-3-10(4-2-9)16-6-8(7-17)5-15-16/h1,3-7,9H,2H2. The molecule has 1 aromatic heterocycles. The summed E-state index contributed by atoms with van der Waals surface area (Å²) in [6.45, 7) is 0. The lowest BCUT2D eigenvalue weighted by molar-refractivity contribution is -0.160. The Bertz CT molecular complexity index is 485. The minimum absolute atomic E-state index is 0.106. The van der Waals surface area contributed by atoms with Crippen LogP contribution in [0.3, 0.4) is 0 Å². The maximum Gasteiger partial charge on any atom is 0.395 e. The van der Waals surface area contributed by atoms with Crippen molar-refractivity contribution in [2.75, 3.05) is 0 Å². The van der Waals surface area contributed by atoms with Crippen LogP contribution in [0.1, 0.15) is 16.8 Å². The number of carbonyl (C=O) groups excluding carboxylic acids is 1. The fraction of sp³-hybridized carbons (Fsp3) is 0.273. The number of hydrogen-bond acceptors (Lipinski definition) is 2. The van der Waals surface area contributed by atoms with Crippen LogP contribution in [0.25, 0.3) is 5.70 Å². The molecule has 1 aliphatic rings. The molecule has 3 nitrogen and oxygen atoms in total. The van der Waals surface area contributed by atoms with E-state index in [-0.39, 0.29) is 6.42 Å². The van der Waals surface area contributed by atoms with E-state index in [1.807, 2.05) is 0 Å². The highest BCUT2D eigenvalue weighted by atomic mass is 19.4. The summed E-state index contributed by atoms with van der Waals surface area (Å²) in [5.74, 6) is -1.44. The minimum Gasteiger partial charge on any atom is -0.298 e. The van der Waals surface area contributed by atoms with Crippen LogP contribution < -0.4 is 0 Å². The molecule has 0 amide bonds. The fourth-order valence-electron chi connectivity index (χ4n) is 1.56. The van der Waals surface area contributed by atoms with Gasteiger partial charge in [0.05, 0.1) is 23.4 Å². The van der Waals surface area contributed by atoms with Crippen LogP contribution in [0, 0.1) is 5.92 Å². The van der Waals surface area contributed by atoms with Gasteiger partial charge in [-0.25, -0.2) is 4.68 Å². The van der Waals surface area contributed by atoms with Gasteiger partial charge in [-0.15, -0.1) is 0 Å². The van der Waals surface area contributed by atoms with E-state index in [0.717, 1.165) is 6.08 Å². The normalized spacial score (nSPS) is 20.2. The average Bonchev–Trinajstić information content (AvgIpc) is 2.76. The van der Waals surface area contributed by atoms with Gasteiger partial charge in [-0.05, 0) is 12.5 Å². The second kappa shape index (κ2) is 4.20. The van der Waals surface area contributed by atoms with E-state index in [1.54, 1.807) is 0 Å². The second-order valence-corrected chi connectivity index (χ2v) is 3.71. The number of alkyl halides is 3. The highest BCUT2D eigenvalue weighted by Gasteiger charge is 2.37. The first-order chi connectivity index (χ1) is 8.00. The van der Waals surface area contributed by atoms with Crippen molar-refractivity contribution in [2.24, 2.45) is 5.92 Å². The Balaban J connectivity index is 2.14. The summed E-state index contributed by atoms with van der Waals surface area (Å²) in [4.78, 5) is 10.4. The van der Waals surface area contributed by atoms with Crippen LogP contribution >= 0.6 is 0 Å². The van der Waals surface area contributed by atoms with Gasteiger partial charge in [0.25, 0.3) is 0 Å². The Kier molecular flexibility index (Phi) is 2.87. The molecule has 1 aliphatic carbocycles. The van der Waals surface area contributed by atoms with Crippen LogP contribution in [0.5, 0.6) is 0 Å². The first-order valence-electron chi connectivity index (χ1n) is 4.96. The summed E-state index contributed by atoms with van der Waals surface area (Å²) in [6, 6.07) is 0. The number of nitrogens with zero attached hydrogens (tertiary/aromatic N) is 2. The molecule has 17 heavy (non-hydrogen) atoms. The number of aromatic nitrogens is 2. The Morgan fingerprint density at radius 3 is 2.71 bits per heavy atom. The van der Waals surface area contributed by atoms with Crippen molar-refractivity contribution in [3.05, 3.63) is 36.2 Å². The molecule has 0 radical (unpaired) electrons. The molecule has 1 heterocycles. The Labute approximate surface area is 95.2 Å². The van der Waals surface area contributed by atoms with Gasteiger partial charge in [0, 0.05) is 6.20 Å². The molecule has 0 aliphatic heterocycles. The molecule has 1 atom stereocenters. The quantitative estimate of drug-likeness (QED) is 0.747. The van der Waals surface area contributed by atoms with Crippen molar-refractivity contribution in [1.29, 1.82) is 0 Å². The summed E-state index contributed by atoms with van der Waals surface area (Å²) in [5.41, 5.74) is 0.927. The molecule has 0 saturated carbocycles. The van der Waals surface area contributed by atoms with E-state index in [1.165, 1.54) is 29.2 Å². The molecule has 1 aromatic rings. The third kappa shape index (κ3) is 2.46. The maximum atomic E-state index is 12.4. The molecule has 0 fully saturated rings. The van der Waals surface area contributed by atoms with Crippen molar-refractivity contribution in [3.8, 4) is 0 Å². The van der Waals surface area contributed by atoms with E-state index >= 15 is 0 Å². The third-order valence-electron chi connectivity index (χ3n) is 2.50. The monoisotopic (exact) mass is 242 g/mol. The molecule has 1 unspecified atom stereocenters. The average molecular weight is 242 g/mol. The lowest BCUT2D eigenvalue weighted by atomic mass is 9.99. The number of rotatable bonds is 2. The largest absolute Gasteiger partial charge is 0.395 e. The van der Waals surface area contributed by atoms with E-state index in [9.17, 15) is 18.0 Å². The molecule has 0 saturated heterocycles. The zero-order valence-corrected chi connectivity index (χ0v) is 8.69. The molecule has 0 bridgehead atoms. The van der Waals surface area contributed by atoms with Gasteiger partial charge in [-0.2, -0.15) is 18.3 Å². The first-order valence-corrected chi connectivity index (χ1v) is 4.96. The van der Waals surface area contributed by atoms with Gasteiger partial charge < -0.3 is 0 Å². The molecule has 0 aromatic carbocycles. The predicted octanol–water partition coefficient (Wildman–Crippen LogP) is 2.67. The van der Waals surface area contributed by atoms with Crippen molar-refractivity contribution in [3.63, 3.8) is 0 Å². The van der Waals surface area contributed by atoms with E-state index in [0.29, 0.717) is 17.5 Å². The van der Waals surface area contributed by atoms with Gasteiger partial charge >= 0.3 is 6.18 Å². The van der Waals surface area contributed by atoms with E-state index in [4.69, 9.17) is 0 Å². The number of halogens is 3. The van der Waals surface area contributed by atoms with Crippen LogP contribution in [0.2, 0.25) is 0 Å². The summed E-state index contributed by atoms with van der Waals surface area (Å²) in [6.07, 6.45) is 3.08. The highest BCUT2D eigenvalue weighted by Crippen LogP contribution is 2.33. The maximum absolute atomic E-state index is 12.4. The summed E-state index contributed by atoms with van der Waals surface area (Å²) in [5, 5.41) is 3.88. The summed E-state index contributed by atoms with van der Waals surface area (Å²) < 4.78 is 38.5. The molecular weight excluding hydrogens is 233 g/mol. The van der Waals surface area contributed by atoms with Crippen LogP contribution in [-0.4, -0.2) is 22.2 Å².